The second kappa shape index (κ2) is 5.77. The van der Waals surface area contributed by atoms with E-state index in [2.05, 4.69) is 26.6 Å². The Balaban J connectivity index is 1.99. The van der Waals surface area contributed by atoms with Gasteiger partial charge >= 0.3 is 0 Å². The number of nitrogens with two attached hydrogens (primary N) is 1. The molecule has 0 saturated carbocycles. The molecule has 6 nitrogen and oxygen atoms in total. The lowest BCUT2D eigenvalue weighted by Gasteiger charge is -2.31. The average Bonchev–Trinajstić information content (AvgIpc) is 2.94. The molecule has 21 heavy (non-hydrogen) atoms. The molecule has 3 N–H and O–H groups in total. The maximum atomic E-state index is 7.93. The molecular weight excluding hydrogens is 284 g/mol. The summed E-state index contributed by atoms with van der Waals surface area (Å²) in [6, 6.07) is 6.09. The van der Waals surface area contributed by atoms with E-state index in [1.165, 1.54) is 0 Å². The maximum absolute atomic E-state index is 7.93. The van der Waals surface area contributed by atoms with E-state index >= 15 is 0 Å². The first kappa shape index (κ1) is 13.9. The van der Waals surface area contributed by atoms with Crippen LogP contribution in [0.5, 0.6) is 0 Å². The summed E-state index contributed by atoms with van der Waals surface area (Å²) in [6.45, 7) is 4.52. The van der Waals surface area contributed by atoms with Crippen molar-refractivity contribution in [2.75, 3.05) is 17.2 Å². The Hall–Kier alpha value is -2.02. The van der Waals surface area contributed by atoms with Crippen LogP contribution in [0.25, 0.3) is 0 Å². The summed E-state index contributed by atoms with van der Waals surface area (Å²) in [5.41, 5.74) is 7.68. The summed E-state index contributed by atoms with van der Waals surface area (Å²) >= 11 is 1.71. The highest BCUT2D eigenvalue weighted by atomic mass is 32.2. The van der Waals surface area contributed by atoms with Gasteiger partial charge in [-0.3, -0.25) is 5.41 Å². The summed E-state index contributed by atoms with van der Waals surface area (Å²) in [5.74, 6) is 2.02. The van der Waals surface area contributed by atoms with Crippen molar-refractivity contribution >= 4 is 23.3 Å². The smallest absolute Gasteiger partial charge is 0.152 e. The number of thioether (sulfide) groups is 1. The molecule has 0 radical (unpaired) electrons. The highest BCUT2D eigenvalue weighted by Crippen LogP contribution is 2.32. The van der Waals surface area contributed by atoms with Gasteiger partial charge in [0, 0.05) is 23.7 Å². The third kappa shape index (κ3) is 2.61. The van der Waals surface area contributed by atoms with Crippen LogP contribution in [0.3, 0.4) is 0 Å². The molecule has 0 aliphatic carbocycles. The van der Waals surface area contributed by atoms with Crippen LogP contribution >= 0.6 is 11.8 Å². The van der Waals surface area contributed by atoms with Gasteiger partial charge in [0.25, 0.3) is 0 Å². The third-order valence-corrected chi connectivity index (χ3v) is 4.49. The van der Waals surface area contributed by atoms with Crippen molar-refractivity contribution in [2.45, 2.75) is 24.9 Å². The molecule has 0 fully saturated rings. The summed E-state index contributed by atoms with van der Waals surface area (Å²) in [4.78, 5) is 3.29. The van der Waals surface area contributed by atoms with Crippen molar-refractivity contribution in [3.63, 3.8) is 0 Å². The van der Waals surface area contributed by atoms with E-state index in [4.69, 9.17) is 11.1 Å². The van der Waals surface area contributed by atoms with Crippen LogP contribution in [0, 0.1) is 5.41 Å². The minimum atomic E-state index is 0.119. The Morgan fingerprint density at radius 1 is 1.43 bits per heavy atom. The molecule has 0 atom stereocenters. The van der Waals surface area contributed by atoms with Crippen molar-refractivity contribution < 1.29 is 0 Å². The van der Waals surface area contributed by atoms with Gasteiger partial charge in [-0.25, -0.2) is 0 Å². The number of amidine groups is 1. The van der Waals surface area contributed by atoms with Crippen LogP contribution in [-0.4, -0.2) is 32.9 Å². The topological polar surface area (TPSA) is 83.8 Å². The molecule has 3 rings (SSSR count). The van der Waals surface area contributed by atoms with Crippen LogP contribution < -0.4 is 10.6 Å². The molecule has 0 unspecified atom stereocenters. The first-order valence-corrected chi connectivity index (χ1v) is 7.91. The van der Waals surface area contributed by atoms with Crippen LogP contribution in [-0.2, 0) is 13.1 Å². The molecule has 1 aromatic heterocycles. The van der Waals surface area contributed by atoms with E-state index in [0.29, 0.717) is 6.54 Å². The third-order valence-electron chi connectivity index (χ3n) is 3.55. The van der Waals surface area contributed by atoms with Crippen molar-refractivity contribution in [2.24, 2.45) is 5.73 Å². The predicted octanol–water partition coefficient (Wildman–Crippen LogP) is 1.69. The van der Waals surface area contributed by atoms with E-state index in [1.807, 2.05) is 18.2 Å². The lowest BCUT2D eigenvalue weighted by Crippen LogP contribution is -2.35. The van der Waals surface area contributed by atoms with Crippen molar-refractivity contribution in [3.8, 4) is 0 Å². The van der Waals surface area contributed by atoms with Crippen molar-refractivity contribution in [1.82, 2.24) is 14.8 Å². The van der Waals surface area contributed by atoms with Gasteiger partial charge in [-0.1, -0.05) is 13.0 Å². The maximum Gasteiger partial charge on any atom is 0.152 e. The zero-order chi connectivity index (χ0) is 14.8. The Labute approximate surface area is 127 Å². The number of hydrogen-bond donors (Lipinski definition) is 2. The lowest BCUT2D eigenvalue weighted by molar-refractivity contribution is 0.559. The van der Waals surface area contributed by atoms with E-state index in [0.717, 1.165) is 40.8 Å². The van der Waals surface area contributed by atoms with Gasteiger partial charge in [-0.05, 0) is 17.9 Å². The SMILES string of the molecule is CCSc1cccc(N2CCn3cnnc3C2)c1C(=N)N. The fourth-order valence-corrected chi connectivity index (χ4v) is 3.45. The van der Waals surface area contributed by atoms with Crippen LogP contribution in [0.4, 0.5) is 5.69 Å². The van der Waals surface area contributed by atoms with Gasteiger partial charge < -0.3 is 15.2 Å². The summed E-state index contributed by atoms with van der Waals surface area (Å²) < 4.78 is 2.06. The number of rotatable bonds is 4. The first-order chi connectivity index (χ1) is 10.2. The highest BCUT2D eigenvalue weighted by Gasteiger charge is 2.22. The van der Waals surface area contributed by atoms with Crippen molar-refractivity contribution in [3.05, 3.63) is 35.9 Å². The zero-order valence-electron chi connectivity index (χ0n) is 11.9. The Morgan fingerprint density at radius 3 is 3.05 bits per heavy atom. The molecule has 110 valence electrons. The van der Waals surface area contributed by atoms with Gasteiger partial charge in [-0.15, -0.1) is 22.0 Å². The number of hydrogen-bond acceptors (Lipinski definition) is 5. The first-order valence-electron chi connectivity index (χ1n) is 6.92. The Bertz CT molecular complexity index is 665. The summed E-state index contributed by atoms with van der Waals surface area (Å²) in [7, 11) is 0. The summed E-state index contributed by atoms with van der Waals surface area (Å²) in [5, 5.41) is 16.0. The predicted molar refractivity (Wildman–Crippen MR) is 84.9 cm³/mol. The number of fused-ring (bicyclic) bond motifs is 1. The minimum Gasteiger partial charge on any atom is -0.384 e. The molecule has 0 spiro atoms. The van der Waals surface area contributed by atoms with Gasteiger partial charge in [0.05, 0.1) is 12.1 Å². The Morgan fingerprint density at radius 2 is 2.29 bits per heavy atom. The molecular formula is C14H18N6S. The number of anilines is 1. The van der Waals surface area contributed by atoms with Gasteiger partial charge in [0.2, 0.25) is 0 Å². The standard InChI is InChI=1S/C14H18N6S/c1-2-21-11-5-3-4-10(13(11)14(15)16)19-6-7-20-9-17-18-12(20)8-19/h3-5,9H,2,6-8H2,1H3,(H3,15,16). The molecule has 1 aliphatic rings. The molecule has 7 heteroatoms. The molecule has 0 saturated heterocycles. The number of benzene rings is 1. The molecule has 1 aliphatic heterocycles. The van der Waals surface area contributed by atoms with Gasteiger partial charge in [0.15, 0.2) is 5.82 Å². The monoisotopic (exact) mass is 302 g/mol. The fraction of sp³-hybridized carbons (Fsp3) is 0.357. The fourth-order valence-electron chi connectivity index (χ4n) is 2.60. The average molecular weight is 302 g/mol. The van der Waals surface area contributed by atoms with Crippen LogP contribution in [0.15, 0.2) is 29.4 Å². The number of nitrogen functional groups attached to an aromatic ring is 1. The highest BCUT2D eigenvalue weighted by molar-refractivity contribution is 7.99. The zero-order valence-corrected chi connectivity index (χ0v) is 12.7. The minimum absolute atomic E-state index is 0.119. The largest absolute Gasteiger partial charge is 0.384 e. The van der Waals surface area contributed by atoms with Crippen molar-refractivity contribution in [1.29, 1.82) is 5.41 Å². The number of nitrogens with one attached hydrogen (secondary N) is 1. The van der Waals surface area contributed by atoms with E-state index < -0.39 is 0 Å². The Kier molecular flexibility index (Phi) is 3.83. The second-order valence-corrected chi connectivity index (χ2v) is 6.16. The molecule has 2 heterocycles. The molecule has 2 aromatic rings. The number of nitrogens with zero attached hydrogens (tertiary/aromatic N) is 4. The lowest BCUT2D eigenvalue weighted by atomic mass is 10.1. The quantitative estimate of drug-likeness (QED) is 0.510. The summed E-state index contributed by atoms with van der Waals surface area (Å²) in [6.07, 6.45) is 1.77. The number of aromatic nitrogens is 3. The van der Waals surface area contributed by atoms with Crippen LogP contribution in [0.2, 0.25) is 0 Å². The van der Waals surface area contributed by atoms with Gasteiger partial charge in [-0.2, -0.15) is 0 Å². The second-order valence-electron chi connectivity index (χ2n) is 4.86. The molecule has 0 amide bonds. The van der Waals surface area contributed by atoms with E-state index in [1.54, 1.807) is 18.1 Å². The van der Waals surface area contributed by atoms with E-state index in [9.17, 15) is 0 Å². The normalized spacial score (nSPS) is 14.0. The van der Waals surface area contributed by atoms with Crippen LogP contribution in [0.1, 0.15) is 18.3 Å². The van der Waals surface area contributed by atoms with E-state index in [-0.39, 0.29) is 5.84 Å². The van der Waals surface area contributed by atoms with Gasteiger partial charge in [0.1, 0.15) is 12.2 Å². The molecule has 1 aromatic carbocycles. The molecule has 0 bridgehead atoms.